The zero-order valence-electron chi connectivity index (χ0n) is 8.69. The molecule has 1 saturated heterocycles. The predicted octanol–water partition coefficient (Wildman–Crippen LogP) is 1.39. The number of aliphatic carboxylic acids is 1. The average molecular weight is 209 g/mol. The molecule has 0 radical (unpaired) electrons. The van der Waals surface area contributed by atoms with Crippen molar-refractivity contribution < 1.29 is 14.6 Å². The monoisotopic (exact) mass is 209 g/mol. The molecule has 1 fully saturated rings. The van der Waals surface area contributed by atoms with Gasteiger partial charge in [0.25, 0.3) is 0 Å². The molecule has 1 aromatic heterocycles. The van der Waals surface area contributed by atoms with E-state index in [0.717, 1.165) is 5.69 Å². The Kier molecular flexibility index (Phi) is 2.52. The number of H-pyrrole nitrogens is 1. The van der Waals surface area contributed by atoms with Crippen molar-refractivity contribution in [3.8, 4) is 0 Å². The maximum atomic E-state index is 10.7. The van der Waals surface area contributed by atoms with Crippen LogP contribution in [-0.2, 0) is 14.9 Å². The van der Waals surface area contributed by atoms with Crippen LogP contribution in [0.2, 0.25) is 0 Å². The summed E-state index contributed by atoms with van der Waals surface area (Å²) < 4.78 is 5.25. The normalized spacial score (nSPS) is 20.6. The van der Waals surface area contributed by atoms with Gasteiger partial charge >= 0.3 is 5.97 Å². The smallest absolute Gasteiger partial charge is 0.303 e. The summed E-state index contributed by atoms with van der Waals surface area (Å²) in [5.74, 6) is -0.664. The molecule has 2 N–H and O–H groups in total. The number of aromatic amines is 1. The third-order valence-corrected chi connectivity index (χ3v) is 3.28. The van der Waals surface area contributed by atoms with Crippen LogP contribution in [0.4, 0.5) is 0 Å². The van der Waals surface area contributed by atoms with Gasteiger partial charge < -0.3 is 14.8 Å². The summed E-state index contributed by atoms with van der Waals surface area (Å²) >= 11 is 0. The Balaban J connectivity index is 2.18. The second kappa shape index (κ2) is 3.70. The highest BCUT2D eigenvalue weighted by Gasteiger charge is 2.46. The number of carboxylic acid groups (broad SMARTS) is 1. The fourth-order valence-corrected chi connectivity index (χ4v) is 2.12. The van der Waals surface area contributed by atoms with Crippen LogP contribution in [0.25, 0.3) is 0 Å². The molecule has 0 bridgehead atoms. The zero-order chi connectivity index (χ0) is 10.9. The van der Waals surface area contributed by atoms with Gasteiger partial charge in [-0.2, -0.15) is 0 Å². The van der Waals surface area contributed by atoms with Crippen LogP contribution in [0.15, 0.2) is 18.3 Å². The van der Waals surface area contributed by atoms with Gasteiger partial charge in [0, 0.05) is 18.3 Å². The van der Waals surface area contributed by atoms with Crippen molar-refractivity contribution in [2.75, 3.05) is 13.2 Å². The Morgan fingerprint density at radius 2 is 2.47 bits per heavy atom. The second-order valence-electron chi connectivity index (χ2n) is 4.23. The van der Waals surface area contributed by atoms with Crippen molar-refractivity contribution in [3.05, 3.63) is 24.0 Å². The van der Waals surface area contributed by atoms with E-state index in [9.17, 15) is 4.79 Å². The number of rotatable bonds is 4. The van der Waals surface area contributed by atoms with Crippen LogP contribution in [0.1, 0.15) is 19.0 Å². The lowest BCUT2D eigenvalue weighted by Crippen LogP contribution is -2.52. The summed E-state index contributed by atoms with van der Waals surface area (Å²) in [4.78, 5) is 13.9. The van der Waals surface area contributed by atoms with E-state index in [1.807, 2.05) is 25.3 Å². The Morgan fingerprint density at radius 3 is 2.87 bits per heavy atom. The molecule has 0 saturated carbocycles. The fraction of sp³-hybridized carbons (Fsp3) is 0.545. The molecule has 4 nitrogen and oxygen atoms in total. The van der Waals surface area contributed by atoms with E-state index in [0.29, 0.717) is 13.2 Å². The first-order valence-corrected chi connectivity index (χ1v) is 5.08. The molecule has 1 aliphatic heterocycles. The van der Waals surface area contributed by atoms with Crippen LogP contribution in [-0.4, -0.2) is 29.3 Å². The van der Waals surface area contributed by atoms with Crippen molar-refractivity contribution in [2.45, 2.75) is 18.8 Å². The van der Waals surface area contributed by atoms with E-state index >= 15 is 0 Å². The maximum Gasteiger partial charge on any atom is 0.303 e. The molecule has 82 valence electrons. The maximum absolute atomic E-state index is 10.7. The van der Waals surface area contributed by atoms with Crippen molar-refractivity contribution in [1.82, 2.24) is 4.98 Å². The van der Waals surface area contributed by atoms with E-state index in [-0.39, 0.29) is 17.8 Å². The first-order valence-electron chi connectivity index (χ1n) is 5.08. The van der Waals surface area contributed by atoms with Crippen molar-refractivity contribution in [3.63, 3.8) is 0 Å². The third kappa shape index (κ3) is 1.65. The summed E-state index contributed by atoms with van der Waals surface area (Å²) in [6.07, 6.45) is 2.05. The molecule has 4 heteroatoms. The van der Waals surface area contributed by atoms with E-state index in [2.05, 4.69) is 4.98 Å². The highest BCUT2D eigenvalue weighted by Crippen LogP contribution is 2.40. The second-order valence-corrected chi connectivity index (χ2v) is 4.23. The van der Waals surface area contributed by atoms with Gasteiger partial charge in [-0.05, 0) is 18.1 Å². The molecule has 2 heterocycles. The minimum Gasteiger partial charge on any atom is -0.481 e. The molecule has 1 unspecified atom stereocenters. The van der Waals surface area contributed by atoms with Gasteiger partial charge in [0.05, 0.1) is 18.6 Å². The summed E-state index contributed by atoms with van der Waals surface area (Å²) in [6, 6.07) is 3.93. The predicted molar refractivity (Wildman–Crippen MR) is 54.7 cm³/mol. The Bertz CT molecular complexity index is 341. The van der Waals surface area contributed by atoms with Gasteiger partial charge in [-0.1, -0.05) is 6.92 Å². The Labute approximate surface area is 88.3 Å². The lowest BCUT2D eigenvalue weighted by molar-refractivity contribution is -0.142. The molecular formula is C11H15NO3. The van der Waals surface area contributed by atoms with Crippen molar-refractivity contribution in [2.24, 2.45) is 5.92 Å². The van der Waals surface area contributed by atoms with E-state index in [1.165, 1.54) is 0 Å². The first-order chi connectivity index (χ1) is 7.15. The fourth-order valence-electron chi connectivity index (χ4n) is 2.12. The van der Waals surface area contributed by atoms with Gasteiger partial charge in [0.15, 0.2) is 0 Å². The van der Waals surface area contributed by atoms with Crippen LogP contribution < -0.4 is 0 Å². The highest BCUT2D eigenvalue weighted by molar-refractivity contribution is 5.67. The third-order valence-electron chi connectivity index (χ3n) is 3.28. The van der Waals surface area contributed by atoms with Gasteiger partial charge in [-0.3, -0.25) is 4.79 Å². The molecule has 0 amide bonds. The van der Waals surface area contributed by atoms with Crippen molar-refractivity contribution >= 4 is 5.97 Å². The van der Waals surface area contributed by atoms with Crippen LogP contribution in [0.3, 0.4) is 0 Å². The van der Waals surface area contributed by atoms with Crippen LogP contribution in [0.5, 0.6) is 0 Å². The van der Waals surface area contributed by atoms with Crippen molar-refractivity contribution in [1.29, 1.82) is 0 Å². The largest absolute Gasteiger partial charge is 0.481 e. The SMILES string of the molecule is CC(CC(=O)O)C1(c2ccc[nH]2)COC1. The molecule has 1 atom stereocenters. The van der Waals surface area contributed by atoms with Gasteiger partial charge in [-0.15, -0.1) is 0 Å². The molecule has 0 aromatic carbocycles. The quantitative estimate of drug-likeness (QED) is 0.787. The summed E-state index contributed by atoms with van der Waals surface area (Å²) in [6.45, 7) is 3.20. The first kappa shape index (κ1) is 10.2. The molecule has 1 aromatic rings. The number of carbonyl (C=O) groups is 1. The standard InChI is InChI=1S/C11H15NO3/c1-8(5-10(13)14)11(6-15-7-11)9-3-2-4-12-9/h2-4,8,12H,5-7H2,1H3,(H,13,14). The number of aromatic nitrogens is 1. The summed E-state index contributed by atoms with van der Waals surface area (Å²) in [5, 5.41) is 8.81. The number of nitrogens with one attached hydrogen (secondary N) is 1. The van der Waals surface area contributed by atoms with Crippen LogP contribution >= 0.6 is 0 Å². The number of hydrogen-bond acceptors (Lipinski definition) is 2. The molecule has 15 heavy (non-hydrogen) atoms. The molecular weight excluding hydrogens is 194 g/mol. The summed E-state index contributed by atoms with van der Waals surface area (Å²) in [7, 11) is 0. The molecule has 0 spiro atoms. The average Bonchev–Trinajstić information content (AvgIpc) is 2.53. The van der Waals surface area contributed by atoms with Gasteiger partial charge in [0.1, 0.15) is 0 Å². The van der Waals surface area contributed by atoms with E-state index in [4.69, 9.17) is 9.84 Å². The molecule has 1 aliphatic rings. The zero-order valence-corrected chi connectivity index (χ0v) is 8.69. The summed E-state index contributed by atoms with van der Waals surface area (Å²) in [5.41, 5.74) is 0.963. The number of hydrogen-bond donors (Lipinski definition) is 2. The minimum absolute atomic E-state index is 0.0856. The minimum atomic E-state index is -0.750. The topological polar surface area (TPSA) is 62.3 Å². The van der Waals surface area contributed by atoms with E-state index in [1.54, 1.807) is 0 Å². The van der Waals surface area contributed by atoms with Crippen LogP contribution in [0, 0.1) is 5.92 Å². The van der Waals surface area contributed by atoms with Gasteiger partial charge in [-0.25, -0.2) is 0 Å². The lowest BCUT2D eigenvalue weighted by Gasteiger charge is -2.45. The number of ether oxygens (including phenoxy) is 1. The molecule has 2 rings (SSSR count). The Morgan fingerprint density at radius 1 is 1.73 bits per heavy atom. The lowest BCUT2D eigenvalue weighted by atomic mass is 9.70. The Hall–Kier alpha value is -1.29. The molecule has 0 aliphatic carbocycles. The van der Waals surface area contributed by atoms with E-state index < -0.39 is 5.97 Å². The number of carboxylic acids is 1. The highest BCUT2D eigenvalue weighted by atomic mass is 16.5. The van der Waals surface area contributed by atoms with Gasteiger partial charge in [0.2, 0.25) is 0 Å².